The first kappa shape index (κ1) is 16.5. The van der Waals surface area contributed by atoms with Gasteiger partial charge < -0.3 is 23.7 Å². The average molecular weight is 312 g/mol. The number of hydrogen-bond donors (Lipinski definition) is 0. The molecule has 1 spiro atoms. The number of hydrogen-bond acceptors (Lipinski definition) is 7. The summed E-state index contributed by atoms with van der Waals surface area (Å²) in [5.41, 5.74) is 0. The van der Waals surface area contributed by atoms with Gasteiger partial charge in [-0.2, -0.15) is 0 Å². The van der Waals surface area contributed by atoms with Gasteiger partial charge in [-0.3, -0.25) is 4.79 Å². The monoisotopic (exact) mass is 312 g/mol. The Morgan fingerprint density at radius 3 is 2.73 bits per heavy atom. The molecule has 122 valence electrons. The van der Waals surface area contributed by atoms with Crippen LogP contribution in [0.2, 0.25) is 0 Å². The highest BCUT2D eigenvalue weighted by atomic mass is 16.8. The Morgan fingerprint density at radius 2 is 2.18 bits per heavy atom. The SMILES string of the molecule is C=CCOC(=O)[C@H]1[C@H](C)[C@](C)(OC)O[C@@]12OC(=O)C=C2OC. The molecule has 1 fully saturated rings. The first-order chi connectivity index (χ1) is 10.3. The van der Waals surface area contributed by atoms with Crippen LogP contribution in [0.5, 0.6) is 0 Å². The highest BCUT2D eigenvalue weighted by Crippen LogP contribution is 2.53. The molecule has 0 amide bonds. The lowest BCUT2D eigenvalue weighted by atomic mass is 9.84. The normalized spacial score (nSPS) is 36.9. The van der Waals surface area contributed by atoms with Gasteiger partial charge in [-0.15, -0.1) is 0 Å². The number of esters is 2. The molecule has 0 aromatic rings. The highest BCUT2D eigenvalue weighted by molar-refractivity contribution is 5.88. The van der Waals surface area contributed by atoms with Gasteiger partial charge in [0, 0.05) is 13.0 Å². The molecule has 2 heterocycles. The smallest absolute Gasteiger partial charge is 0.337 e. The first-order valence-electron chi connectivity index (χ1n) is 6.86. The number of carbonyl (C=O) groups is 2. The van der Waals surface area contributed by atoms with Gasteiger partial charge in [-0.05, 0) is 6.92 Å². The van der Waals surface area contributed by atoms with E-state index in [2.05, 4.69) is 6.58 Å². The Bertz CT molecular complexity index is 526. The van der Waals surface area contributed by atoms with Crippen LogP contribution in [-0.4, -0.2) is 44.3 Å². The second-order valence-corrected chi connectivity index (χ2v) is 5.31. The molecule has 4 atom stereocenters. The summed E-state index contributed by atoms with van der Waals surface area (Å²) in [5.74, 6) is -5.29. The molecular formula is C15H20O7. The van der Waals surface area contributed by atoms with Gasteiger partial charge in [0.05, 0.1) is 13.2 Å². The molecule has 2 aliphatic rings. The predicted octanol–water partition coefficient (Wildman–Crippen LogP) is 1.14. The summed E-state index contributed by atoms with van der Waals surface area (Å²) in [6.07, 6.45) is 2.61. The fourth-order valence-corrected chi connectivity index (χ4v) is 2.83. The lowest BCUT2D eigenvalue weighted by Crippen LogP contribution is -2.45. The molecule has 0 unspecified atom stereocenters. The lowest BCUT2D eigenvalue weighted by Gasteiger charge is -2.30. The van der Waals surface area contributed by atoms with Gasteiger partial charge in [0.15, 0.2) is 11.5 Å². The maximum absolute atomic E-state index is 12.5. The van der Waals surface area contributed by atoms with Crippen LogP contribution < -0.4 is 0 Å². The molecule has 0 saturated carbocycles. The molecule has 2 rings (SSSR count). The maximum atomic E-state index is 12.5. The zero-order chi connectivity index (χ0) is 16.5. The third kappa shape index (κ3) is 2.30. The van der Waals surface area contributed by atoms with Crippen LogP contribution in [0.15, 0.2) is 24.5 Å². The minimum absolute atomic E-state index is 0.0435. The van der Waals surface area contributed by atoms with E-state index in [0.29, 0.717) is 0 Å². The van der Waals surface area contributed by atoms with Gasteiger partial charge in [-0.1, -0.05) is 19.6 Å². The highest BCUT2D eigenvalue weighted by Gasteiger charge is 2.69. The van der Waals surface area contributed by atoms with Crippen LogP contribution in [-0.2, 0) is 33.3 Å². The summed E-state index contributed by atoms with van der Waals surface area (Å²) in [7, 11) is 2.83. The molecule has 0 N–H and O–H groups in total. The lowest BCUT2D eigenvalue weighted by molar-refractivity contribution is -0.294. The standard InChI is InChI=1S/C15H20O7/c1-6-7-20-13(17)12-9(2)14(3,19-5)22-15(12)10(18-4)8-11(16)21-15/h6,8-9,12H,1,7H2,2-5H3/t9-,12+,14+,15+/m0/s1. The second-order valence-electron chi connectivity index (χ2n) is 5.31. The predicted molar refractivity (Wildman–Crippen MR) is 74.2 cm³/mol. The van der Waals surface area contributed by atoms with Crippen molar-refractivity contribution in [2.24, 2.45) is 11.8 Å². The third-order valence-electron chi connectivity index (χ3n) is 4.16. The number of rotatable bonds is 5. The molecule has 22 heavy (non-hydrogen) atoms. The van der Waals surface area contributed by atoms with E-state index in [-0.39, 0.29) is 12.4 Å². The number of methoxy groups -OCH3 is 2. The summed E-state index contributed by atoms with van der Waals surface area (Å²) in [6.45, 7) is 6.97. The summed E-state index contributed by atoms with van der Waals surface area (Å²) in [5, 5.41) is 0. The molecular weight excluding hydrogens is 292 g/mol. The summed E-state index contributed by atoms with van der Waals surface area (Å²) in [6, 6.07) is 0. The van der Waals surface area contributed by atoms with Crippen molar-refractivity contribution in [3.8, 4) is 0 Å². The van der Waals surface area contributed by atoms with Crippen molar-refractivity contribution in [1.82, 2.24) is 0 Å². The van der Waals surface area contributed by atoms with Gasteiger partial charge in [-0.25, -0.2) is 4.79 Å². The summed E-state index contributed by atoms with van der Waals surface area (Å²) >= 11 is 0. The molecule has 0 aromatic heterocycles. The Labute approximate surface area is 128 Å². The fraction of sp³-hybridized carbons (Fsp3) is 0.600. The zero-order valence-corrected chi connectivity index (χ0v) is 13.1. The number of ether oxygens (including phenoxy) is 5. The molecule has 2 aliphatic heterocycles. The average Bonchev–Trinajstić information content (AvgIpc) is 2.91. The van der Waals surface area contributed by atoms with Gasteiger partial charge >= 0.3 is 11.9 Å². The van der Waals surface area contributed by atoms with Crippen molar-refractivity contribution in [1.29, 1.82) is 0 Å². The Kier molecular flexibility index (Phi) is 4.30. The fourth-order valence-electron chi connectivity index (χ4n) is 2.83. The van der Waals surface area contributed by atoms with E-state index in [4.69, 9.17) is 23.7 Å². The quantitative estimate of drug-likeness (QED) is 0.556. The first-order valence-corrected chi connectivity index (χ1v) is 6.86. The van der Waals surface area contributed by atoms with E-state index in [1.807, 2.05) is 0 Å². The molecule has 0 aliphatic carbocycles. The molecule has 1 saturated heterocycles. The van der Waals surface area contributed by atoms with E-state index >= 15 is 0 Å². The van der Waals surface area contributed by atoms with Crippen molar-refractivity contribution >= 4 is 11.9 Å². The third-order valence-corrected chi connectivity index (χ3v) is 4.16. The van der Waals surface area contributed by atoms with Gasteiger partial charge in [0.1, 0.15) is 12.5 Å². The number of carbonyl (C=O) groups excluding carboxylic acids is 2. The molecule has 7 heteroatoms. The molecule has 0 aromatic carbocycles. The van der Waals surface area contributed by atoms with Crippen molar-refractivity contribution in [2.45, 2.75) is 25.4 Å². The van der Waals surface area contributed by atoms with Crippen LogP contribution in [0.4, 0.5) is 0 Å². The van der Waals surface area contributed by atoms with E-state index in [1.54, 1.807) is 13.8 Å². The van der Waals surface area contributed by atoms with Crippen LogP contribution in [0, 0.1) is 11.8 Å². The van der Waals surface area contributed by atoms with Crippen LogP contribution in [0.1, 0.15) is 13.8 Å². The summed E-state index contributed by atoms with van der Waals surface area (Å²) in [4.78, 5) is 24.2. The van der Waals surface area contributed by atoms with Gasteiger partial charge in [0.25, 0.3) is 5.79 Å². The van der Waals surface area contributed by atoms with E-state index in [0.717, 1.165) is 6.08 Å². The van der Waals surface area contributed by atoms with Crippen molar-refractivity contribution in [2.75, 3.05) is 20.8 Å². The van der Waals surface area contributed by atoms with Crippen molar-refractivity contribution in [3.05, 3.63) is 24.5 Å². The van der Waals surface area contributed by atoms with E-state index in [1.165, 1.54) is 20.3 Å². The second kappa shape index (κ2) is 5.73. The molecule has 7 nitrogen and oxygen atoms in total. The van der Waals surface area contributed by atoms with E-state index in [9.17, 15) is 9.59 Å². The molecule has 0 radical (unpaired) electrons. The van der Waals surface area contributed by atoms with Crippen molar-refractivity contribution in [3.63, 3.8) is 0 Å². The summed E-state index contributed by atoms with van der Waals surface area (Å²) < 4.78 is 26.9. The van der Waals surface area contributed by atoms with Gasteiger partial charge in [0.2, 0.25) is 0 Å². The molecule has 0 bridgehead atoms. The van der Waals surface area contributed by atoms with Crippen LogP contribution >= 0.6 is 0 Å². The minimum Gasteiger partial charge on any atom is -0.494 e. The Hall–Kier alpha value is -1.86. The van der Waals surface area contributed by atoms with E-state index < -0.39 is 35.3 Å². The van der Waals surface area contributed by atoms with Crippen molar-refractivity contribution < 1.29 is 33.3 Å². The largest absolute Gasteiger partial charge is 0.494 e. The Morgan fingerprint density at radius 1 is 1.50 bits per heavy atom. The topological polar surface area (TPSA) is 80.3 Å². The van der Waals surface area contributed by atoms with Crippen LogP contribution in [0.25, 0.3) is 0 Å². The Balaban J connectivity index is 2.45. The minimum atomic E-state index is -1.67. The maximum Gasteiger partial charge on any atom is 0.337 e. The zero-order valence-electron chi connectivity index (χ0n) is 13.1. The van der Waals surface area contributed by atoms with Crippen LogP contribution in [0.3, 0.4) is 0 Å².